The van der Waals surface area contributed by atoms with Crippen LogP contribution in [0, 0.1) is 11.6 Å². The predicted octanol–water partition coefficient (Wildman–Crippen LogP) is 4.53. The van der Waals surface area contributed by atoms with Crippen LogP contribution >= 0.6 is 0 Å². The van der Waals surface area contributed by atoms with Crippen LogP contribution in [0.5, 0.6) is 5.75 Å². The zero-order chi connectivity index (χ0) is 28.5. The van der Waals surface area contributed by atoms with Crippen molar-refractivity contribution in [2.75, 3.05) is 7.11 Å². The molecule has 2 N–H and O–H groups in total. The van der Waals surface area contributed by atoms with E-state index in [4.69, 9.17) is 9.15 Å². The smallest absolute Gasteiger partial charge is 0.433 e. The number of carbonyl (C=O) groups excluding carboxylic acids is 2. The fourth-order valence-electron chi connectivity index (χ4n) is 3.90. The van der Waals surface area contributed by atoms with Crippen molar-refractivity contribution in [1.29, 1.82) is 0 Å². The molecule has 2 amide bonds. The second-order valence-corrected chi connectivity index (χ2v) is 8.48. The van der Waals surface area contributed by atoms with Gasteiger partial charge in [-0.05, 0) is 37.3 Å². The molecule has 0 radical (unpaired) electrons. The SMILES string of the molecule is BC(=O)N[C@@H](C)c1oc(-c2ccc(OC)c3nc(C(F)(F)F)ccc23)nc1C(=O)NCc1ccc(F)cc1F. The first-order chi connectivity index (χ1) is 18.4. The molecule has 4 aromatic rings. The number of rotatable bonds is 7. The number of aromatic nitrogens is 2. The number of halogens is 5. The molecule has 0 saturated carbocycles. The lowest BCUT2D eigenvalue weighted by atomic mass is 10.1. The van der Waals surface area contributed by atoms with E-state index in [0.29, 0.717) is 6.07 Å². The zero-order valence-electron chi connectivity index (χ0n) is 20.7. The summed E-state index contributed by atoms with van der Waals surface area (Å²) in [5, 5.41) is 5.25. The third kappa shape index (κ3) is 5.84. The Bertz CT molecular complexity index is 1570. The second-order valence-electron chi connectivity index (χ2n) is 8.48. The lowest BCUT2D eigenvalue weighted by Crippen LogP contribution is -2.29. The maximum Gasteiger partial charge on any atom is 0.433 e. The highest BCUT2D eigenvalue weighted by atomic mass is 19.4. The average Bonchev–Trinajstić information content (AvgIpc) is 3.31. The standard InChI is InChI=1S/C25H20BF5N4O4/c1-11(33-24(26)37)21-20(22(36)32-10-12-3-4-13(27)9-16(12)28)35-23(39-21)15-5-7-17(38-2)19-14(15)6-8-18(34-19)25(29,30)31/h3-9,11H,10,26H2,1-2H3,(H,32,36)(H,33,37)/t11-/m0/s1. The second kappa shape index (κ2) is 10.7. The van der Waals surface area contributed by atoms with Crippen LogP contribution in [0.3, 0.4) is 0 Å². The minimum absolute atomic E-state index is 0.0117. The number of fused-ring (bicyclic) bond motifs is 1. The number of carbonyl (C=O) groups is 2. The number of nitrogens with one attached hydrogen (secondary N) is 2. The highest BCUT2D eigenvalue weighted by Gasteiger charge is 2.33. The van der Waals surface area contributed by atoms with Crippen molar-refractivity contribution in [3.8, 4) is 17.2 Å². The molecular weight excluding hydrogens is 526 g/mol. The maximum absolute atomic E-state index is 14.0. The summed E-state index contributed by atoms with van der Waals surface area (Å²) in [6, 6.07) is 6.87. The van der Waals surface area contributed by atoms with Gasteiger partial charge in [-0.25, -0.2) is 18.7 Å². The molecule has 2 heterocycles. The summed E-state index contributed by atoms with van der Waals surface area (Å²) < 4.78 is 78.2. The molecular formula is C25H20BF5N4O4. The summed E-state index contributed by atoms with van der Waals surface area (Å²) in [5.41, 5.74) is -1.29. The first-order valence-corrected chi connectivity index (χ1v) is 11.4. The molecule has 8 nitrogen and oxygen atoms in total. The van der Waals surface area contributed by atoms with Gasteiger partial charge in [0, 0.05) is 29.1 Å². The highest BCUT2D eigenvalue weighted by Crippen LogP contribution is 2.37. The van der Waals surface area contributed by atoms with Gasteiger partial charge in [-0.1, -0.05) is 6.07 Å². The topological polar surface area (TPSA) is 106 Å². The Balaban J connectivity index is 1.78. The molecule has 0 aliphatic carbocycles. The van der Waals surface area contributed by atoms with Crippen molar-refractivity contribution in [3.05, 3.63) is 76.8 Å². The van der Waals surface area contributed by atoms with Crippen molar-refractivity contribution >= 4 is 30.5 Å². The fourth-order valence-corrected chi connectivity index (χ4v) is 3.90. The van der Waals surface area contributed by atoms with Gasteiger partial charge < -0.3 is 19.8 Å². The van der Waals surface area contributed by atoms with E-state index in [2.05, 4.69) is 20.6 Å². The summed E-state index contributed by atoms with van der Waals surface area (Å²) in [4.78, 5) is 32.7. The molecule has 39 heavy (non-hydrogen) atoms. The molecule has 0 saturated heterocycles. The minimum atomic E-state index is -4.70. The van der Waals surface area contributed by atoms with E-state index in [1.807, 2.05) is 0 Å². The Hall–Kier alpha value is -4.49. The first-order valence-electron chi connectivity index (χ1n) is 11.4. The van der Waals surface area contributed by atoms with Gasteiger partial charge in [-0.15, -0.1) is 0 Å². The Kier molecular flexibility index (Phi) is 7.57. The van der Waals surface area contributed by atoms with Gasteiger partial charge in [0.15, 0.2) is 17.3 Å². The predicted molar refractivity (Wildman–Crippen MR) is 132 cm³/mol. The van der Waals surface area contributed by atoms with Gasteiger partial charge in [0.05, 0.1) is 13.2 Å². The maximum atomic E-state index is 14.0. The number of ether oxygens (including phenoxy) is 1. The van der Waals surface area contributed by atoms with Crippen LogP contribution in [0.2, 0.25) is 0 Å². The zero-order valence-corrected chi connectivity index (χ0v) is 20.7. The Morgan fingerprint density at radius 2 is 1.85 bits per heavy atom. The number of hydrogen-bond acceptors (Lipinski definition) is 6. The Morgan fingerprint density at radius 3 is 2.49 bits per heavy atom. The number of benzene rings is 2. The molecule has 0 aliphatic rings. The van der Waals surface area contributed by atoms with E-state index in [9.17, 15) is 31.5 Å². The van der Waals surface area contributed by atoms with Crippen LogP contribution in [-0.2, 0) is 12.7 Å². The summed E-state index contributed by atoms with van der Waals surface area (Å²) in [6.07, 6.45) is -4.70. The molecule has 0 aliphatic heterocycles. The summed E-state index contributed by atoms with van der Waals surface area (Å²) in [7, 11) is 2.53. The molecule has 2 aromatic carbocycles. The van der Waals surface area contributed by atoms with E-state index >= 15 is 0 Å². The molecule has 14 heteroatoms. The molecule has 4 rings (SSSR count). The van der Waals surface area contributed by atoms with Crippen molar-refractivity contribution in [1.82, 2.24) is 20.6 Å². The molecule has 0 unspecified atom stereocenters. The number of oxazole rings is 1. The number of methoxy groups -OCH3 is 1. The van der Waals surface area contributed by atoms with Gasteiger partial charge in [0.2, 0.25) is 13.7 Å². The van der Waals surface area contributed by atoms with E-state index in [-0.39, 0.29) is 51.7 Å². The summed E-state index contributed by atoms with van der Waals surface area (Å²) in [5.74, 6) is -3.00. The minimum Gasteiger partial charge on any atom is -0.494 e. The number of nitrogens with zero attached hydrogens (tertiary/aromatic N) is 2. The number of hydrogen-bond donors (Lipinski definition) is 2. The van der Waals surface area contributed by atoms with Gasteiger partial charge >= 0.3 is 6.18 Å². The number of pyridine rings is 1. The van der Waals surface area contributed by atoms with Crippen LogP contribution in [0.25, 0.3) is 22.4 Å². The number of amides is 2. The normalized spacial score (nSPS) is 12.3. The van der Waals surface area contributed by atoms with Crippen LogP contribution in [0.15, 0.2) is 46.9 Å². The van der Waals surface area contributed by atoms with E-state index in [1.54, 1.807) is 0 Å². The van der Waals surface area contributed by atoms with Crippen molar-refractivity contribution in [3.63, 3.8) is 0 Å². The number of alkyl halides is 3. The highest BCUT2D eigenvalue weighted by molar-refractivity contribution is 6.57. The summed E-state index contributed by atoms with van der Waals surface area (Å²) in [6.45, 7) is 1.22. The lowest BCUT2D eigenvalue weighted by molar-refractivity contribution is -0.140. The quantitative estimate of drug-likeness (QED) is 0.261. The van der Waals surface area contributed by atoms with Crippen LogP contribution in [0.1, 0.15) is 40.5 Å². The van der Waals surface area contributed by atoms with Crippen molar-refractivity contribution in [2.45, 2.75) is 25.7 Å². The van der Waals surface area contributed by atoms with Crippen LogP contribution in [-0.4, -0.2) is 36.6 Å². The summed E-state index contributed by atoms with van der Waals surface area (Å²) >= 11 is 0. The molecule has 202 valence electrons. The fraction of sp³-hybridized carbons (Fsp3) is 0.200. The first kappa shape index (κ1) is 27.5. The van der Waals surface area contributed by atoms with Gasteiger partial charge in [0.25, 0.3) is 5.91 Å². The van der Waals surface area contributed by atoms with Crippen molar-refractivity contribution in [2.24, 2.45) is 0 Å². The van der Waals surface area contributed by atoms with Crippen molar-refractivity contribution < 1.29 is 40.7 Å². The van der Waals surface area contributed by atoms with Crippen LogP contribution < -0.4 is 15.4 Å². The Labute approximate surface area is 219 Å². The van der Waals surface area contributed by atoms with E-state index in [1.165, 1.54) is 46.1 Å². The third-order valence-corrected chi connectivity index (χ3v) is 5.70. The largest absolute Gasteiger partial charge is 0.494 e. The molecule has 1 atom stereocenters. The van der Waals surface area contributed by atoms with Crippen LogP contribution in [0.4, 0.5) is 26.7 Å². The monoisotopic (exact) mass is 546 g/mol. The van der Waals surface area contributed by atoms with Gasteiger partial charge in [-0.3, -0.25) is 9.59 Å². The Morgan fingerprint density at radius 1 is 1.10 bits per heavy atom. The molecule has 0 bridgehead atoms. The van der Waals surface area contributed by atoms with E-state index in [0.717, 1.165) is 12.1 Å². The molecule has 0 fully saturated rings. The molecule has 2 aromatic heterocycles. The van der Waals surface area contributed by atoms with Gasteiger partial charge in [-0.2, -0.15) is 13.2 Å². The van der Waals surface area contributed by atoms with E-state index < -0.39 is 41.3 Å². The third-order valence-electron chi connectivity index (χ3n) is 5.70. The van der Waals surface area contributed by atoms with Gasteiger partial charge in [0.1, 0.15) is 28.6 Å². The molecule has 0 spiro atoms. The average molecular weight is 546 g/mol. The lowest BCUT2D eigenvalue weighted by Gasteiger charge is -2.12.